The standard InChI is InChI=1S/C21H20FNO/c22-20-11-5-7-17(13-20)15-23-21(24)14-16-6-4-10-19(12-16)18-8-2-1-3-9-18/h1-12,17H,13-15H2,(H,23,24). The van der Waals surface area contributed by atoms with E-state index in [4.69, 9.17) is 0 Å². The first-order valence-electron chi connectivity index (χ1n) is 8.14. The van der Waals surface area contributed by atoms with Gasteiger partial charge in [-0.3, -0.25) is 4.79 Å². The van der Waals surface area contributed by atoms with Crippen molar-refractivity contribution in [3.05, 3.63) is 84.2 Å². The van der Waals surface area contributed by atoms with Crippen molar-refractivity contribution in [3.8, 4) is 11.1 Å². The average molecular weight is 321 g/mol. The van der Waals surface area contributed by atoms with Gasteiger partial charge in [0.2, 0.25) is 5.91 Å². The van der Waals surface area contributed by atoms with Crippen LogP contribution in [-0.2, 0) is 11.2 Å². The second-order valence-electron chi connectivity index (χ2n) is 6.01. The van der Waals surface area contributed by atoms with Gasteiger partial charge in [-0.05, 0) is 22.8 Å². The van der Waals surface area contributed by atoms with E-state index in [1.807, 2.05) is 48.5 Å². The highest BCUT2D eigenvalue weighted by Gasteiger charge is 2.13. The zero-order chi connectivity index (χ0) is 16.8. The Morgan fingerprint density at radius 2 is 1.88 bits per heavy atom. The Hall–Kier alpha value is -2.68. The fraction of sp³-hybridized carbons (Fsp3) is 0.190. The van der Waals surface area contributed by atoms with Crippen molar-refractivity contribution in [2.24, 2.45) is 5.92 Å². The lowest BCUT2D eigenvalue weighted by Gasteiger charge is -2.15. The third kappa shape index (κ3) is 4.42. The third-order valence-corrected chi connectivity index (χ3v) is 4.08. The van der Waals surface area contributed by atoms with Crippen molar-refractivity contribution in [2.75, 3.05) is 6.54 Å². The molecular formula is C21H20FNO. The van der Waals surface area contributed by atoms with Crippen molar-refractivity contribution < 1.29 is 9.18 Å². The van der Waals surface area contributed by atoms with Crippen molar-refractivity contribution in [1.82, 2.24) is 5.32 Å². The second-order valence-corrected chi connectivity index (χ2v) is 6.01. The summed E-state index contributed by atoms with van der Waals surface area (Å²) in [6, 6.07) is 18.1. The van der Waals surface area contributed by atoms with Gasteiger partial charge in [0.05, 0.1) is 6.42 Å². The molecule has 1 aliphatic rings. The van der Waals surface area contributed by atoms with Crippen LogP contribution in [0.15, 0.2) is 78.7 Å². The van der Waals surface area contributed by atoms with E-state index in [1.165, 1.54) is 6.08 Å². The molecule has 0 heterocycles. The molecule has 2 aromatic rings. The van der Waals surface area contributed by atoms with Gasteiger partial charge in [0, 0.05) is 18.9 Å². The number of amides is 1. The number of allylic oxidation sites excluding steroid dienone is 3. The van der Waals surface area contributed by atoms with Crippen LogP contribution in [0, 0.1) is 5.92 Å². The topological polar surface area (TPSA) is 29.1 Å². The minimum absolute atomic E-state index is 0.0367. The molecule has 1 atom stereocenters. The summed E-state index contributed by atoms with van der Waals surface area (Å²) in [6.07, 6.45) is 5.79. The zero-order valence-electron chi connectivity index (χ0n) is 13.4. The number of carbonyl (C=O) groups excluding carboxylic acids is 1. The lowest BCUT2D eigenvalue weighted by atomic mass is 9.99. The Labute approximate surface area is 141 Å². The molecule has 0 spiro atoms. The molecule has 122 valence electrons. The molecule has 24 heavy (non-hydrogen) atoms. The van der Waals surface area contributed by atoms with Crippen molar-refractivity contribution in [2.45, 2.75) is 12.8 Å². The van der Waals surface area contributed by atoms with Crippen LogP contribution in [0.3, 0.4) is 0 Å². The predicted molar refractivity (Wildman–Crippen MR) is 95.0 cm³/mol. The highest BCUT2D eigenvalue weighted by atomic mass is 19.1. The largest absolute Gasteiger partial charge is 0.355 e. The van der Waals surface area contributed by atoms with E-state index < -0.39 is 0 Å². The average Bonchev–Trinajstić information content (AvgIpc) is 2.61. The number of benzene rings is 2. The Kier molecular flexibility index (Phi) is 5.22. The summed E-state index contributed by atoms with van der Waals surface area (Å²) in [5, 5.41) is 2.90. The first kappa shape index (κ1) is 16.2. The molecule has 0 bridgehead atoms. The maximum Gasteiger partial charge on any atom is 0.224 e. The molecule has 0 fully saturated rings. The maximum atomic E-state index is 13.2. The third-order valence-electron chi connectivity index (χ3n) is 4.08. The molecule has 0 aromatic heterocycles. The van der Waals surface area contributed by atoms with Crippen LogP contribution in [0.1, 0.15) is 12.0 Å². The van der Waals surface area contributed by atoms with E-state index in [-0.39, 0.29) is 17.7 Å². The van der Waals surface area contributed by atoms with E-state index in [1.54, 1.807) is 6.08 Å². The molecule has 3 rings (SSSR count). The number of hydrogen-bond donors (Lipinski definition) is 1. The summed E-state index contributed by atoms with van der Waals surface area (Å²) in [6.45, 7) is 0.467. The monoisotopic (exact) mass is 321 g/mol. The fourth-order valence-corrected chi connectivity index (χ4v) is 2.83. The maximum absolute atomic E-state index is 13.2. The Morgan fingerprint density at radius 1 is 1.08 bits per heavy atom. The van der Waals surface area contributed by atoms with Crippen LogP contribution in [-0.4, -0.2) is 12.5 Å². The van der Waals surface area contributed by atoms with Crippen LogP contribution >= 0.6 is 0 Å². The molecule has 0 radical (unpaired) electrons. The van der Waals surface area contributed by atoms with Crippen LogP contribution in [0.4, 0.5) is 4.39 Å². The highest BCUT2D eigenvalue weighted by molar-refractivity contribution is 5.79. The molecule has 0 aliphatic heterocycles. The number of carbonyl (C=O) groups is 1. The van der Waals surface area contributed by atoms with E-state index in [9.17, 15) is 9.18 Å². The summed E-state index contributed by atoms with van der Waals surface area (Å²) in [7, 11) is 0. The SMILES string of the molecule is O=C(Cc1cccc(-c2ccccc2)c1)NCC1C=CC=C(F)C1. The summed E-state index contributed by atoms with van der Waals surface area (Å²) < 4.78 is 13.2. The smallest absolute Gasteiger partial charge is 0.224 e. The number of halogens is 1. The van der Waals surface area contributed by atoms with Gasteiger partial charge in [0.25, 0.3) is 0 Å². The molecule has 2 aromatic carbocycles. The number of rotatable bonds is 5. The highest BCUT2D eigenvalue weighted by Crippen LogP contribution is 2.21. The summed E-state index contributed by atoms with van der Waals surface area (Å²) in [4.78, 5) is 12.1. The van der Waals surface area contributed by atoms with Gasteiger partial charge in [-0.1, -0.05) is 66.7 Å². The minimum atomic E-state index is -0.132. The molecule has 1 N–H and O–H groups in total. The van der Waals surface area contributed by atoms with Crippen molar-refractivity contribution in [1.29, 1.82) is 0 Å². The first-order chi connectivity index (χ1) is 11.7. The minimum Gasteiger partial charge on any atom is -0.355 e. The van der Waals surface area contributed by atoms with Gasteiger partial charge in [0.15, 0.2) is 0 Å². The van der Waals surface area contributed by atoms with Crippen LogP contribution < -0.4 is 5.32 Å². The van der Waals surface area contributed by atoms with Gasteiger partial charge in [0.1, 0.15) is 5.83 Å². The van der Waals surface area contributed by atoms with E-state index >= 15 is 0 Å². The zero-order valence-corrected chi connectivity index (χ0v) is 13.4. The summed E-state index contributed by atoms with van der Waals surface area (Å²) >= 11 is 0. The molecule has 0 saturated heterocycles. The molecular weight excluding hydrogens is 301 g/mol. The summed E-state index contributed by atoms with van der Waals surface area (Å²) in [5.74, 6) is -0.134. The van der Waals surface area contributed by atoms with E-state index in [0.717, 1.165) is 16.7 Å². The van der Waals surface area contributed by atoms with Crippen molar-refractivity contribution in [3.63, 3.8) is 0 Å². The van der Waals surface area contributed by atoms with Gasteiger partial charge >= 0.3 is 0 Å². The van der Waals surface area contributed by atoms with Gasteiger partial charge in [-0.25, -0.2) is 4.39 Å². The quantitative estimate of drug-likeness (QED) is 0.866. The summed E-state index contributed by atoms with van der Waals surface area (Å²) in [5.41, 5.74) is 3.21. The van der Waals surface area contributed by atoms with Crippen LogP contribution in [0.2, 0.25) is 0 Å². The first-order valence-corrected chi connectivity index (χ1v) is 8.14. The second kappa shape index (κ2) is 7.73. The van der Waals surface area contributed by atoms with E-state index in [2.05, 4.69) is 17.4 Å². The van der Waals surface area contributed by atoms with E-state index in [0.29, 0.717) is 19.4 Å². The van der Waals surface area contributed by atoms with Gasteiger partial charge < -0.3 is 5.32 Å². The molecule has 1 unspecified atom stereocenters. The Morgan fingerprint density at radius 3 is 2.67 bits per heavy atom. The Bertz CT molecular complexity index is 764. The van der Waals surface area contributed by atoms with Crippen molar-refractivity contribution >= 4 is 5.91 Å². The molecule has 1 amide bonds. The molecule has 3 heteroatoms. The predicted octanol–water partition coefficient (Wildman–Crippen LogP) is 4.44. The lowest BCUT2D eigenvalue weighted by molar-refractivity contribution is -0.120. The normalized spacial score (nSPS) is 16.5. The molecule has 1 aliphatic carbocycles. The lowest BCUT2D eigenvalue weighted by Crippen LogP contribution is -2.30. The van der Waals surface area contributed by atoms with Gasteiger partial charge in [-0.15, -0.1) is 0 Å². The van der Waals surface area contributed by atoms with Crippen LogP contribution in [0.5, 0.6) is 0 Å². The van der Waals surface area contributed by atoms with Gasteiger partial charge in [-0.2, -0.15) is 0 Å². The molecule has 2 nitrogen and oxygen atoms in total. The van der Waals surface area contributed by atoms with Crippen LogP contribution in [0.25, 0.3) is 11.1 Å². The fourth-order valence-electron chi connectivity index (χ4n) is 2.83. The Balaban J connectivity index is 1.57. The number of hydrogen-bond acceptors (Lipinski definition) is 1. The number of nitrogens with one attached hydrogen (secondary N) is 1. The molecule has 0 saturated carbocycles.